The van der Waals surface area contributed by atoms with E-state index < -0.39 is 11.8 Å². The summed E-state index contributed by atoms with van der Waals surface area (Å²) in [4.78, 5) is 35.0. The second kappa shape index (κ2) is 9.11. The summed E-state index contributed by atoms with van der Waals surface area (Å²) in [6.07, 6.45) is 1.36. The first kappa shape index (κ1) is 18.1. The first-order chi connectivity index (χ1) is 12.1. The molecule has 3 amide bonds. The molecule has 25 heavy (non-hydrogen) atoms. The SMILES string of the molecule is COc1ccccc1CNC(=O)CNC(=O)CNC(=O)c1ccco1. The fourth-order valence-corrected chi connectivity index (χ4v) is 2.00. The van der Waals surface area contributed by atoms with Crippen LogP contribution in [0.1, 0.15) is 16.1 Å². The zero-order chi connectivity index (χ0) is 18.1. The molecule has 0 radical (unpaired) electrons. The Labute approximate surface area is 144 Å². The minimum Gasteiger partial charge on any atom is -0.496 e. The van der Waals surface area contributed by atoms with Crippen LogP contribution in [0.15, 0.2) is 47.1 Å². The summed E-state index contributed by atoms with van der Waals surface area (Å²) in [5.74, 6) is -0.542. The molecule has 1 aromatic carbocycles. The Kier molecular flexibility index (Phi) is 6.58. The van der Waals surface area contributed by atoms with Gasteiger partial charge in [0.15, 0.2) is 5.76 Å². The third kappa shape index (κ3) is 5.69. The van der Waals surface area contributed by atoms with Crippen molar-refractivity contribution >= 4 is 17.7 Å². The molecule has 8 nitrogen and oxygen atoms in total. The quantitative estimate of drug-likeness (QED) is 0.643. The summed E-state index contributed by atoms with van der Waals surface area (Å²) in [7, 11) is 1.55. The number of ether oxygens (including phenoxy) is 1. The topological polar surface area (TPSA) is 110 Å². The number of nitrogens with one attached hydrogen (secondary N) is 3. The molecule has 0 aliphatic heterocycles. The van der Waals surface area contributed by atoms with Gasteiger partial charge >= 0.3 is 0 Å². The van der Waals surface area contributed by atoms with E-state index >= 15 is 0 Å². The predicted octanol–water partition coefficient (Wildman–Crippen LogP) is 0.451. The van der Waals surface area contributed by atoms with E-state index in [0.717, 1.165) is 5.56 Å². The molecule has 8 heteroatoms. The highest BCUT2D eigenvalue weighted by molar-refractivity contribution is 5.94. The van der Waals surface area contributed by atoms with Crippen LogP contribution in [0.5, 0.6) is 5.75 Å². The Morgan fingerprint density at radius 3 is 2.40 bits per heavy atom. The van der Waals surface area contributed by atoms with Crippen LogP contribution in [0.25, 0.3) is 0 Å². The van der Waals surface area contributed by atoms with Crippen molar-refractivity contribution in [3.8, 4) is 5.75 Å². The van der Waals surface area contributed by atoms with Crippen LogP contribution in [-0.2, 0) is 16.1 Å². The number of benzene rings is 1. The Balaban J connectivity index is 1.67. The van der Waals surface area contributed by atoms with E-state index in [1.54, 1.807) is 19.2 Å². The average molecular weight is 345 g/mol. The Morgan fingerprint density at radius 1 is 0.960 bits per heavy atom. The number of hydrogen-bond donors (Lipinski definition) is 3. The molecule has 3 N–H and O–H groups in total. The van der Waals surface area contributed by atoms with Gasteiger partial charge in [-0.15, -0.1) is 0 Å². The minimum absolute atomic E-state index is 0.113. The molecule has 1 aromatic heterocycles. The van der Waals surface area contributed by atoms with Crippen molar-refractivity contribution < 1.29 is 23.5 Å². The Bertz CT molecular complexity index is 728. The molecule has 0 aliphatic rings. The lowest BCUT2D eigenvalue weighted by molar-refractivity contribution is -0.125. The minimum atomic E-state index is -0.499. The van der Waals surface area contributed by atoms with E-state index in [2.05, 4.69) is 16.0 Å². The molecule has 0 unspecified atom stereocenters. The van der Waals surface area contributed by atoms with Crippen LogP contribution in [0, 0.1) is 0 Å². The molecule has 0 spiro atoms. The molecule has 0 saturated carbocycles. The van der Waals surface area contributed by atoms with Gasteiger partial charge in [0.25, 0.3) is 5.91 Å². The summed E-state index contributed by atoms with van der Waals surface area (Å²) < 4.78 is 10.1. The number of carbonyl (C=O) groups is 3. The number of para-hydroxylation sites is 1. The number of rotatable bonds is 8. The molecule has 2 aromatic rings. The van der Waals surface area contributed by atoms with Gasteiger partial charge in [-0.1, -0.05) is 18.2 Å². The van der Waals surface area contributed by atoms with E-state index in [-0.39, 0.29) is 31.3 Å². The number of amides is 3. The maximum Gasteiger partial charge on any atom is 0.287 e. The van der Waals surface area contributed by atoms with Gasteiger partial charge in [-0.2, -0.15) is 0 Å². The van der Waals surface area contributed by atoms with Gasteiger partial charge in [0.05, 0.1) is 26.5 Å². The molecule has 0 atom stereocenters. The Morgan fingerprint density at radius 2 is 1.68 bits per heavy atom. The highest BCUT2D eigenvalue weighted by atomic mass is 16.5. The van der Waals surface area contributed by atoms with Crippen molar-refractivity contribution in [1.29, 1.82) is 0 Å². The molecule has 2 rings (SSSR count). The van der Waals surface area contributed by atoms with Crippen molar-refractivity contribution in [2.24, 2.45) is 0 Å². The van der Waals surface area contributed by atoms with Crippen molar-refractivity contribution in [1.82, 2.24) is 16.0 Å². The van der Waals surface area contributed by atoms with Crippen LogP contribution in [-0.4, -0.2) is 37.9 Å². The molecule has 0 aliphatic carbocycles. The standard InChI is InChI=1S/C17H19N3O5/c1-24-13-6-3-2-5-12(13)9-18-15(21)10-19-16(22)11-20-17(23)14-7-4-8-25-14/h2-8H,9-11H2,1H3,(H,18,21)(H,19,22)(H,20,23). The molecule has 132 valence electrons. The maximum absolute atomic E-state index is 11.8. The normalized spacial score (nSPS) is 9.96. The number of furan rings is 1. The third-order valence-electron chi connectivity index (χ3n) is 3.27. The molecule has 0 saturated heterocycles. The summed E-state index contributed by atoms with van der Waals surface area (Å²) in [5.41, 5.74) is 0.829. The highest BCUT2D eigenvalue weighted by Crippen LogP contribution is 2.16. The molecule has 0 fully saturated rings. The van der Waals surface area contributed by atoms with Crippen molar-refractivity contribution in [3.63, 3.8) is 0 Å². The summed E-state index contributed by atoms with van der Waals surface area (Å²) in [5, 5.41) is 7.49. The Hall–Kier alpha value is -3.29. The fraction of sp³-hybridized carbons (Fsp3) is 0.235. The van der Waals surface area contributed by atoms with Crippen molar-refractivity contribution in [2.75, 3.05) is 20.2 Å². The second-order valence-corrected chi connectivity index (χ2v) is 5.03. The smallest absolute Gasteiger partial charge is 0.287 e. The monoisotopic (exact) mass is 345 g/mol. The number of carbonyl (C=O) groups excluding carboxylic acids is 3. The molecule has 1 heterocycles. The van der Waals surface area contributed by atoms with E-state index in [4.69, 9.17) is 9.15 Å². The van der Waals surface area contributed by atoms with Gasteiger partial charge in [0.1, 0.15) is 5.75 Å². The highest BCUT2D eigenvalue weighted by Gasteiger charge is 2.11. The van der Waals surface area contributed by atoms with Gasteiger partial charge in [0.2, 0.25) is 11.8 Å². The first-order valence-electron chi connectivity index (χ1n) is 7.57. The van der Waals surface area contributed by atoms with E-state index in [0.29, 0.717) is 5.75 Å². The van der Waals surface area contributed by atoms with Gasteiger partial charge in [-0.25, -0.2) is 0 Å². The van der Waals surface area contributed by atoms with Crippen LogP contribution >= 0.6 is 0 Å². The van der Waals surface area contributed by atoms with Crippen LogP contribution in [0.4, 0.5) is 0 Å². The van der Waals surface area contributed by atoms with Gasteiger partial charge in [0, 0.05) is 12.1 Å². The number of methoxy groups -OCH3 is 1. The van der Waals surface area contributed by atoms with Gasteiger partial charge in [-0.05, 0) is 18.2 Å². The fourth-order valence-electron chi connectivity index (χ4n) is 2.00. The summed E-state index contributed by atoms with van der Waals surface area (Å²) >= 11 is 0. The van der Waals surface area contributed by atoms with Crippen LogP contribution in [0.3, 0.4) is 0 Å². The lowest BCUT2D eigenvalue weighted by atomic mass is 10.2. The average Bonchev–Trinajstić information content (AvgIpc) is 3.17. The third-order valence-corrected chi connectivity index (χ3v) is 3.27. The lowest BCUT2D eigenvalue weighted by Crippen LogP contribution is -2.41. The summed E-state index contributed by atoms with van der Waals surface area (Å²) in [6.45, 7) is -0.155. The predicted molar refractivity (Wildman–Crippen MR) is 88.9 cm³/mol. The maximum atomic E-state index is 11.8. The number of hydrogen-bond acceptors (Lipinski definition) is 5. The first-order valence-corrected chi connectivity index (χ1v) is 7.57. The van der Waals surface area contributed by atoms with Crippen molar-refractivity contribution in [2.45, 2.75) is 6.54 Å². The zero-order valence-electron chi connectivity index (χ0n) is 13.7. The molecule has 0 bridgehead atoms. The van der Waals surface area contributed by atoms with Crippen molar-refractivity contribution in [3.05, 3.63) is 54.0 Å². The van der Waals surface area contributed by atoms with Gasteiger partial charge < -0.3 is 25.1 Å². The summed E-state index contributed by atoms with van der Waals surface area (Å²) in [6, 6.07) is 10.4. The second-order valence-electron chi connectivity index (χ2n) is 5.03. The molecular formula is C17H19N3O5. The van der Waals surface area contributed by atoms with E-state index in [1.165, 1.54) is 12.3 Å². The van der Waals surface area contributed by atoms with E-state index in [9.17, 15) is 14.4 Å². The zero-order valence-corrected chi connectivity index (χ0v) is 13.7. The van der Waals surface area contributed by atoms with Gasteiger partial charge in [-0.3, -0.25) is 14.4 Å². The van der Waals surface area contributed by atoms with E-state index in [1.807, 2.05) is 18.2 Å². The lowest BCUT2D eigenvalue weighted by Gasteiger charge is -2.10. The van der Waals surface area contributed by atoms with Crippen LogP contribution in [0.2, 0.25) is 0 Å². The molecular weight excluding hydrogens is 326 g/mol. The largest absolute Gasteiger partial charge is 0.496 e. The van der Waals surface area contributed by atoms with Crippen LogP contribution < -0.4 is 20.7 Å².